The van der Waals surface area contributed by atoms with Crippen molar-refractivity contribution >= 4 is 17.3 Å². The van der Waals surface area contributed by atoms with E-state index in [1.165, 1.54) is 25.1 Å². The first kappa shape index (κ1) is 16.4. The second kappa shape index (κ2) is 6.89. The summed E-state index contributed by atoms with van der Waals surface area (Å²) in [5.41, 5.74) is 4.18. The number of nitro benzene ring substituents is 1. The van der Waals surface area contributed by atoms with E-state index < -0.39 is 16.4 Å². The fourth-order valence-corrected chi connectivity index (χ4v) is 2.13. The molecule has 0 saturated heterocycles. The zero-order valence-electron chi connectivity index (χ0n) is 12.5. The number of nitrogens with zero attached hydrogens (tertiary/aromatic N) is 1. The van der Waals surface area contributed by atoms with E-state index in [1.54, 1.807) is 30.3 Å². The van der Waals surface area contributed by atoms with E-state index in [1.807, 2.05) is 6.07 Å². The van der Waals surface area contributed by atoms with Crippen molar-refractivity contribution in [1.29, 1.82) is 0 Å². The third-order valence-electron chi connectivity index (χ3n) is 3.34. The van der Waals surface area contributed by atoms with Gasteiger partial charge in [-0.3, -0.25) is 25.8 Å². The van der Waals surface area contributed by atoms with Crippen LogP contribution in [0.25, 0.3) is 0 Å². The van der Waals surface area contributed by atoms with Crippen molar-refractivity contribution in [3.05, 3.63) is 70.3 Å². The maximum atomic E-state index is 12.0. The fourth-order valence-electron chi connectivity index (χ4n) is 2.13. The van der Waals surface area contributed by atoms with Crippen LogP contribution in [0.1, 0.15) is 18.9 Å². The number of carbonyl (C=O) groups is 1. The van der Waals surface area contributed by atoms with Gasteiger partial charge in [0.1, 0.15) is 5.69 Å². The molecule has 1 unspecified atom stereocenters. The van der Waals surface area contributed by atoms with Gasteiger partial charge in [-0.05, 0) is 18.6 Å². The number of benzene rings is 2. The molecule has 0 spiro atoms. The van der Waals surface area contributed by atoms with Gasteiger partial charge in [-0.15, -0.1) is 0 Å². The van der Waals surface area contributed by atoms with Crippen LogP contribution in [0.15, 0.2) is 54.6 Å². The normalized spacial score (nSPS) is 13.0. The third-order valence-corrected chi connectivity index (χ3v) is 3.34. The molecule has 0 saturated carbocycles. The maximum absolute atomic E-state index is 12.0. The molecule has 23 heavy (non-hydrogen) atoms. The van der Waals surface area contributed by atoms with Crippen LogP contribution in [0.5, 0.6) is 0 Å². The van der Waals surface area contributed by atoms with Crippen LogP contribution in [0.4, 0.5) is 11.4 Å². The maximum Gasteiger partial charge on any atom is 0.294 e. The number of carbonyl (C=O) groups excluding carboxylic acids is 1. The first-order valence-corrected chi connectivity index (χ1v) is 6.96. The summed E-state index contributed by atoms with van der Waals surface area (Å²) >= 11 is 0. The van der Waals surface area contributed by atoms with Crippen LogP contribution in [-0.2, 0) is 10.4 Å². The van der Waals surface area contributed by atoms with Crippen LogP contribution in [0.3, 0.4) is 0 Å². The molecule has 0 heterocycles. The molecule has 1 atom stereocenters. The number of hydrogen-bond donors (Lipinski definition) is 3. The van der Waals surface area contributed by atoms with Crippen molar-refractivity contribution in [2.45, 2.75) is 18.9 Å². The minimum atomic E-state index is -1.34. The highest BCUT2D eigenvalue weighted by atomic mass is 16.6. The van der Waals surface area contributed by atoms with E-state index in [4.69, 9.17) is 0 Å². The smallest absolute Gasteiger partial charge is 0.294 e. The van der Waals surface area contributed by atoms with Crippen LogP contribution < -0.4 is 10.9 Å². The van der Waals surface area contributed by atoms with E-state index in [0.29, 0.717) is 5.56 Å². The molecule has 120 valence electrons. The zero-order valence-corrected chi connectivity index (χ0v) is 12.5. The molecule has 0 fully saturated rings. The second-order valence-electron chi connectivity index (χ2n) is 5.26. The van der Waals surface area contributed by atoms with Gasteiger partial charge < -0.3 is 5.11 Å². The van der Waals surface area contributed by atoms with E-state index in [9.17, 15) is 20.0 Å². The molecule has 2 rings (SSSR count). The van der Waals surface area contributed by atoms with Crippen molar-refractivity contribution in [3.8, 4) is 0 Å². The molecule has 2 aromatic carbocycles. The molecule has 3 N–H and O–H groups in total. The van der Waals surface area contributed by atoms with Gasteiger partial charge in [0.2, 0.25) is 5.91 Å². The summed E-state index contributed by atoms with van der Waals surface area (Å²) in [5.74, 6) is -0.489. The molecule has 0 aliphatic rings. The lowest BCUT2D eigenvalue weighted by molar-refractivity contribution is -0.384. The molecular weight excluding hydrogens is 298 g/mol. The number of nitro groups is 1. The van der Waals surface area contributed by atoms with Gasteiger partial charge in [-0.25, -0.2) is 0 Å². The molecule has 1 amide bonds. The van der Waals surface area contributed by atoms with E-state index in [0.717, 1.165) is 0 Å². The van der Waals surface area contributed by atoms with Crippen LogP contribution in [0.2, 0.25) is 0 Å². The minimum Gasteiger partial charge on any atom is -0.385 e. The quantitative estimate of drug-likeness (QED) is 0.560. The number of para-hydroxylation sites is 2. The summed E-state index contributed by atoms with van der Waals surface area (Å²) in [4.78, 5) is 22.3. The molecule has 0 bridgehead atoms. The lowest BCUT2D eigenvalue weighted by atomic mass is 9.92. The van der Waals surface area contributed by atoms with E-state index in [2.05, 4.69) is 10.9 Å². The number of aliphatic hydroxyl groups is 1. The Hall–Kier alpha value is -2.93. The monoisotopic (exact) mass is 315 g/mol. The number of nitrogens with one attached hydrogen (secondary N) is 2. The van der Waals surface area contributed by atoms with Gasteiger partial charge in [-0.2, -0.15) is 0 Å². The molecular formula is C16H17N3O4. The van der Waals surface area contributed by atoms with Gasteiger partial charge >= 0.3 is 0 Å². The largest absolute Gasteiger partial charge is 0.385 e. The Morgan fingerprint density at radius 3 is 2.43 bits per heavy atom. The highest BCUT2D eigenvalue weighted by molar-refractivity contribution is 5.79. The molecule has 0 aromatic heterocycles. The van der Waals surface area contributed by atoms with Gasteiger partial charge in [-0.1, -0.05) is 42.5 Å². The highest BCUT2D eigenvalue weighted by Crippen LogP contribution is 2.25. The van der Waals surface area contributed by atoms with Gasteiger partial charge in [0.15, 0.2) is 0 Å². The van der Waals surface area contributed by atoms with Crippen LogP contribution in [-0.4, -0.2) is 15.9 Å². The van der Waals surface area contributed by atoms with Crippen molar-refractivity contribution in [2.75, 3.05) is 5.43 Å². The molecule has 0 aliphatic heterocycles. The Kier molecular flexibility index (Phi) is 4.92. The first-order chi connectivity index (χ1) is 10.9. The second-order valence-corrected chi connectivity index (χ2v) is 5.26. The number of anilines is 1. The van der Waals surface area contributed by atoms with E-state index >= 15 is 0 Å². The van der Waals surface area contributed by atoms with Crippen molar-refractivity contribution in [2.24, 2.45) is 0 Å². The standard InChI is InChI=1S/C16H17N3O4/c1-16(21,12-7-3-2-4-8-12)11-15(20)18-17-13-9-5-6-10-14(13)19(22)23/h2-10,17,21H,11H2,1H3,(H,18,20). The average Bonchev–Trinajstić information content (AvgIpc) is 2.53. The lowest BCUT2D eigenvalue weighted by Gasteiger charge is -2.23. The number of hydrogen-bond acceptors (Lipinski definition) is 5. The summed E-state index contributed by atoms with van der Waals surface area (Å²) in [5, 5.41) is 21.3. The summed E-state index contributed by atoms with van der Waals surface area (Å²) in [6.45, 7) is 1.53. The SMILES string of the molecule is CC(O)(CC(=O)NNc1ccccc1[N+](=O)[O-])c1ccccc1. The van der Waals surface area contributed by atoms with E-state index in [-0.39, 0.29) is 17.8 Å². The molecule has 7 nitrogen and oxygen atoms in total. The topological polar surface area (TPSA) is 104 Å². The zero-order chi connectivity index (χ0) is 16.9. The first-order valence-electron chi connectivity index (χ1n) is 6.96. The van der Waals surface area contributed by atoms with Gasteiger partial charge in [0.05, 0.1) is 16.9 Å². The Morgan fingerprint density at radius 2 is 1.78 bits per heavy atom. The van der Waals surface area contributed by atoms with Crippen LogP contribution in [0, 0.1) is 10.1 Å². The summed E-state index contributed by atoms with van der Waals surface area (Å²) in [6, 6.07) is 14.8. The van der Waals surface area contributed by atoms with Crippen molar-refractivity contribution in [3.63, 3.8) is 0 Å². The van der Waals surface area contributed by atoms with Crippen LogP contribution >= 0.6 is 0 Å². The Morgan fingerprint density at radius 1 is 1.17 bits per heavy atom. The molecule has 0 radical (unpaired) electrons. The molecule has 0 aliphatic carbocycles. The Balaban J connectivity index is 2.00. The third kappa shape index (κ3) is 4.27. The number of rotatable bonds is 6. The highest BCUT2D eigenvalue weighted by Gasteiger charge is 2.26. The predicted octanol–water partition coefficient (Wildman–Crippen LogP) is 2.34. The number of hydrazine groups is 1. The average molecular weight is 315 g/mol. The minimum absolute atomic E-state index is 0.150. The van der Waals surface area contributed by atoms with Gasteiger partial charge in [0, 0.05) is 6.07 Å². The fraction of sp³-hybridized carbons (Fsp3) is 0.188. The molecule has 7 heteroatoms. The summed E-state index contributed by atoms with van der Waals surface area (Å²) in [7, 11) is 0. The van der Waals surface area contributed by atoms with Gasteiger partial charge in [0.25, 0.3) is 5.69 Å². The Bertz CT molecular complexity index is 701. The Labute approximate surface area is 133 Å². The summed E-state index contributed by atoms with van der Waals surface area (Å²) < 4.78 is 0. The predicted molar refractivity (Wildman–Crippen MR) is 85.5 cm³/mol. The summed E-state index contributed by atoms with van der Waals surface area (Å²) in [6.07, 6.45) is -0.190. The number of amides is 1. The molecule has 2 aromatic rings. The lowest BCUT2D eigenvalue weighted by Crippen LogP contribution is -2.36. The van der Waals surface area contributed by atoms with Crippen molar-refractivity contribution < 1.29 is 14.8 Å². The van der Waals surface area contributed by atoms with Crippen molar-refractivity contribution in [1.82, 2.24) is 5.43 Å².